The monoisotopic (exact) mass is 174 g/mol. The second-order valence-electron chi connectivity index (χ2n) is 1.10. The van der Waals surface area contributed by atoms with E-state index in [2.05, 4.69) is 27.6 Å². The van der Waals surface area contributed by atoms with Crippen LogP contribution < -0.4 is 5.84 Å². The number of hydrogen-bond donors (Lipinski definition) is 1. The zero-order valence-electron chi connectivity index (χ0n) is 4.34. The number of halogens is 1. The van der Waals surface area contributed by atoms with E-state index >= 15 is 0 Å². The van der Waals surface area contributed by atoms with Gasteiger partial charge in [-0.25, -0.2) is 0 Å². The van der Waals surface area contributed by atoms with Crippen molar-refractivity contribution >= 4 is 22.1 Å². The highest BCUT2D eigenvalue weighted by Gasteiger charge is 1.69. The Morgan fingerprint density at radius 3 is 2.75 bits per heavy atom. The van der Waals surface area contributed by atoms with E-state index in [1.165, 1.54) is 6.21 Å². The van der Waals surface area contributed by atoms with Crippen molar-refractivity contribution in [1.29, 1.82) is 0 Å². The summed E-state index contributed by atoms with van der Waals surface area (Å²) in [6.07, 6.45) is 4.92. The lowest BCUT2D eigenvalue weighted by molar-refractivity contribution is 1.27. The Bertz CT molecular complexity index is 126. The fraction of sp³-hybridized carbons (Fsp3) is 0. The van der Waals surface area contributed by atoms with Crippen molar-refractivity contribution in [1.82, 2.24) is 0 Å². The van der Waals surface area contributed by atoms with Crippen molar-refractivity contribution in [3.8, 4) is 0 Å². The summed E-state index contributed by atoms with van der Waals surface area (Å²) in [6.45, 7) is 3.55. The maximum absolute atomic E-state index is 4.79. The molecule has 0 saturated heterocycles. The predicted molar refractivity (Wildman–Crippen MR) is 39.9 cm³/mol. The Balaban J connectivity index is 3.50. The molecule has 0 amide bonds. The van der Waals surface area contributed by atoms with Gasteiger partial charge in [-0.2, -0.15) is 5.10 Å². The van der Waals surface area contributed by atoms with Crippen LogP contribution in [0.1, 0.15) is 0 Å². The summed E-state index contributed by atoms with van der Waals surface area (Å²) in [5, 5.41) is 3.23. The van der Waals surface area contributed by atoms with Crippen molar-refractivity contribution in [2.24, 2.45) is 10.9 Å². The number of allylic oxidation sites excluding steroid dienone is 3. The Kier molecular flexibility index (Phi) is 4.26. The van der Waals surface area contributed by atoms with Crippen molar-refractivity contribution in [2.75, 3.05) is 0 Å². The first-order valence-electron chi connectivity index (χ1n) is 2.01. The number of nitrogens with zero attached hydrogens (tertiary/aromatic N) is 1. The molecule has 0 aromatic carbocycles. The van der Waals surface area contributed by atoms with Crippen LogP contribution in [-0.4, -0.2) is 6.21 Å². The van der Waals surface area contributed by atoms with Crippen LogP contribution in [0, 0.1) is 0 Å². The smallest absolute Gasteiger partial charge is 0.0465 e. The molecule has 3 heteroatoms. The molecule has 0 saturated carbocycles. The molecule has 0 aromatic heterocycles. The molecule has 0 aliphatic rings. The van der Waals surface area contributed by atoms with E-state index in [1.54, 1.807) is 12.2 Å². The van der Waals surface area contributed by atoms with Gasteiger partial charge >= 0.3 is 0 Å². The molecule has 0 rings (SSSR count). The van der Waals surface area contributed by atoms with E-state index in [-0.39, 0.29) is 0 Å². The minimum Gasteiger partial charge on any atom is -0.323 e. The van der Waals surface area contributed by atoms with Gasteiger partial charge in [-0.05, 0) is 12.2 Å². The lowest BCUT2D eigenvalue weighted by Crippen LogP contribution is -1.77. The molecule has 0 aliphatic carbocycles. The molecular formula is C5H7BrN2. The lowest BCUT2D eigenvalue weighted by atomic mass is 10.5. The Labute approximate surface area is 56.9 Å². The summed E-state index contributed by atoms with van der Waals surface area (Å²) >= 11 is 3.12. The summed E-state index contributed by atoms with van der Waals surface area (Å²) in [7, 11) is 0. The largest absolute Gasteiger partial charge is 0.323 e. The molecule has 0 fully saturated rings. The molecule has 2 nitrogen and oxygen atoms in total. The third-order valence-electron chi connectivity index (χ3n) is 0.449. The van der Waals surface area contributed by atoms with Gasteiger partial charge < -0.3 is 5.84 Å². The highest BCUT2D eigenvalue weighted by atomic mass is 79.9. The molecule has 8 heavy (non-hydrogen) atoms. The molecule has 0 unspecified atom stereocenters. The fourth-order valence-corrected chi connectivity index (χ4v) is 0.350. The van der Waals surface area contributed by atoms with Gasteiger partial charge in [-0.15, -0.1) is 0 Å². The first-order chi connectivity index (χ1) is 3.77. The van der Waals surface area contributed by atoms with Crippen molar-refractivity contribution < 1.29 is 0 Å². The summed E-state index contributed by atoms with van der Waals surface area (Å²) in [5.74, 6) is 4.79. The fourth-order valence-electron chi connectivity index (χ4n) is 0.197. The molecule has 0 atom stereocenters. The first-order valence-corrected chi connectivity index (χ1v) is 2.81. The van der Waals surface area contributed by atoms with Crippen LogP contribution in [0.15, 0.2) is 28.3 Å². The van der Waals surface area contributed by atoms with Gasteiger partial charge in [0.1, 0.15) is 0 Å². The normalized spacial score (nSPS) is 11.1. The van der Waals surface area contributed by atoms with Crippen LogP contribution in [0.4, 0.5) is 0 Å². The molecule has 0 bridgehead atoms. The van der Waals surface area contributed by atoms with E-state index in [0.717, 1.165) is 4.48 Å². The quantitative estimate of drug-likeness (QED) is 0.293. The maximum atomic E-state index is 4.79. The molecule has 0 aromatic rings. The van der Waals surface area contributed by atoms with E-state index in [1.807, 2.05) is 0 Å². The van der Waals surface area contributed by atoms with Gasteiger partial charge in [0, 0.05) is 10.7 Å². The summed E-state index contributed by atoms with van der Waals surface area (Å²) < 4.78 is 0.803. The van der Waals surface area contributed by atoms with E-state index in [4.69, 9.17) is 5.84 Å². The Hall–Kier alpha value is -0.570. The van der Waals surface area contributed by atoms with E-state index in [9.17, 15) is 0 Å². The molecular weight excluding hydrogens is 168 g/mol. The number of hydrogen-bond acceptors (Lipinski definition) is 2. The maximum Gasteiger partial charge on any atom is 0.0465 e. The van der Waals surface area contributed by atoms with Crippen LogP contribution >= 0.6 is 15.9 Å². The minimum absolute atomic E-state index is 0.803. The van der Waals surface area contributed by atoms with Crippen molar-refractivity contribution in [3.63, 3.8) is 0 Å². The zero-order chi connectivity index (χ0) is 6.41. The zero-order valence-corrected chi connectivity index (χ0v) is 5.93. The van der Waals surface area contributed by atoms with Gasteiger partial charge in [0.2, 0.25) is 0 Å². The standard InChI is InChI=1S/C5H7BrN2/c1-5(6)3-2-4-8-7/h2-4H,1,7H2/b3-2-,8-4-. The van der Waals surface area contributed by atoms with Crippen LogP contribution in [0.25, 0.3) is 0 Å². The van der Waals surface area contributed by atoms with Gasteiger partial charge in [0.15, 0.2) is 0 Å². The summed E-state index contributed by atoms with van der Waals surface area (Å²) in [6, 6.07) is 0. The highest BCUT2D eigenvalue weighted by Crippen LogP contribution is 1.99. The second kappa shape index (κ2) is 4.59. The van der Waals surface area contributed by atoms with Crippen LogP contribution in [0.3, 0.4) is 0 Å². The Morgan fingerprint density at radius 1 is 1.75 bits per heavy atom. The second-order valence-corrected chi connectivity index (χ2v) is 2.12. The van der Waals surface area contributed by atoms with Crippen molar-refractivity contribution in [3.05, 3.63) is 23.2 Å². The molecule has 44 valence electrons. The Morgan fingerprint density at radius 2 is 2.38 bits per heavy atom. The minimum atomic E-state index is 0.803. The lowest BCUT2D eigenvalue weighted by Gasteiger charge is -1.75. The van der Waals surface area contributed by atoms with Crippen LogP contribution in [0.5, 0.6) is 0 Å². The highest BCUT2D eigenvalue weighted by molar-refractivity contribution is 9.11. The van der Waals surface area contributed by atoms with E-state index in [0.29, 0.717) is 0 Å². The average molecular weight is 175 g/mol. The SMILES string of the molecule is C=C(Br)/C=C\C=N/N. The van der Waals surface area contributed by atoms with Gasteiger partial charge in [-0.3, -0.25) is 0 Å². The van der Waals surface area contributed by atoms with Gasteiger partial charge in [0.25, 0.3) is 0 Å². The topological polar surface area (TPSA) is 38.4 Å². The van der Waals surface area contributed by atoms with Gasteiger partial charge in [-0.1, -0.05) is 22.5 Å². The number of nitrogens with two attached hydrogens (primary N) is 1. The third-order valence-corrected chi connectivity index (χ3v) is 0.714. The van der Waals surface area contributed by atoms with E-state index < -0.39 is 0 Å². The first kappa shape index (κ1) is 7.43. The summed E-state index contributed by atoms with van der Waals surface area (Å²) in [4.78, 5) is 0. The number of rotatable bonds is 2. The average Bonchev–Trinajstić information content (AvgIpc) is 1.66. The predicted octanol–water partition coefficient (Wildman–Crippen LogP) is 1.40. The van der Waals surface area contributed by atoms with Crippen LogP contribution in [0.2, 0.25) is 0 Å². The van der Waals surface area contributed by atoms with Gasteiger partial charge in [0.05, 0.1) is 0 Å². The van der Waals surface area contributed by atoms with Crippen LogP contribution in [-0.2, 0) is 0 Å². The molecule has 2 N–H and O–H groups in total. The van der Waals surface area contributed by atoms with Crippen molar-refractivity contribution in [2.45, 2.75) is 0 Å². The third kappa shape index (κ3) is 5.43. The summed E-state index contributed by atoms with van der Waals surface area (Å²) in [5.41, 5.74) is 0. The molecule has 0 spiro atoms. The number of hydrazone groups is 1. The molecule has 0 heterocycles. The molecule has 0 aliphatic heterocycles. The molecule has 0 radical (unpaired) electrons.